The Morgan fingerprint density at radius 2 is 1.53 bits per heavy atom. The maximum absolute atomic E-state index is 11.2. The Kier molecular flexibility index (Phi) is 7.50. The van der Waals surface area contributed by atoms with E-state index in [2.05, 4.69) is 68.8 Å². The van der Waals surface area contributed by atoms with Gasteiger partial charge in [-0.3, -0.25) is 14.4 Å². The SMILES string of the molecule is CC1(C)C(=O)N(Br)C(=O)N1Br.O=C1NCCc2[nH]c(Br)cc21.O=C1NCCc2[nH]ccc21. The van der Waals surface area contributed by atoms with E-state index in [0.29, 0.717) is 0 Å². The maximum Gasteiger partial charge on any atom is 0.348 e. The van der Waals surface area contributed by atoms with Crippen LogP contribution in [-0.2, 0) is 17.6 Å². The summed E-state index contributed by atoms with van der Waals surface area (Å²) in [5.41, 5.74) is 2.85. The summed E-state index contributed by atoms with van der Waals surface area (Å²) in [4.78, 5) is 50.6. The van der Waals surface area contributed by atoms with Gasteiger partial charge < -0.3 is 20.6 Å². The Balaban J connectivity index is 0.000000136. The lowest BCUT2D eigenvalue weighted by Gasteiger charge is -2.19. The number of aromatic amines is 2. The van der Waals surface area contributed by atoms with Crippen LogP contribution < -0.4 is 10.6 Å². The number of amides is 5. The van der Waals surface area contributed by atoms with Gasteiger partial charge in [-0.2, -0.15) is 3.93 Å². The van der Waals surface area contributed by atoms with Gasteiger partial charge in [0.1, 0.15) is 5.54 Å². The quantitative estimate of drug-likeness (QED) is 0.262. The first-order chi connectivity index (χ1) is 15.0. The van der Waals surface area contributed by atoms with Gasteiger partial charge in [-0.25, -0.2) is 8.72 Å². The summed E-state index contributed by atoms with van der Waals surface area (Å²) in [5.74, 6) is -0.213. The molecule has 172 valence electrons. The highest BCUT2D eigenvalue weighted by Gasteiger charge is 2.50. The zero-order valence-electron chi connectivity index (χ0n) is 17.2. The monoisotopic (exact) mass is 634 g/mol. The van der Waals surface area contributed by atoms with Gasteiger partial charge in [0.25, 0.3) is 17.7 Å². The first-order valence-corrected chi connectivity index (χ1v) is 11.9. The number of urea groups is 1. The van der Waals surface area contributed by atoms with Gasteiger partial charge in [0, 0.05) is 43.5 Å². The van der Waals surface area contributed by atoms with Crippen molar-refractivity contribution in [2.24, 2.45) is 0 Å². The standard InChI is InChI=1S/C7H7BrN2O.C7H8N2O.C5H6Br2N2O2/c8-6-3-4-5(10-6)1-2-9-7(4)11;10-7-5-1-3-8-6(5)2-4-9-7;1-5(2)3(10)8(6)4(11)9(5)7/h3,10H,1-2H2,(H,9,11);1,3,8H,2,4H2,(H,9,10);1-2H3. The summed E-state index contributed by atoms with van der Waals surface area (Å²) in [5, 5.41) is 5.54. The Hall–Kier alpha value is -2.12. The molecule has 0 bridgehead atoms. The molecule has 5 heterocycles. The topological polar surface area (TPSA) is 130 Å². The molecule has 0 spiro atoms. The van der Waals surface area contributed by atoms with Crippen molar-refractivity contribution in [3.63, 3.8) is 0 Å². The Bertz CT molecular complexity index is 1060. The Labute approximate surface area is 209 Å². The summed E-state index contributed by atoms with van der Waals surface area (Å²) in [6.07, 6.45) is 3.62. The first-order valence-electron chi connectivity index (χ1n) is 9.64. The van der Waals surface area contributed by atoms with E-state index in [-0.39, 0.29) is 17.7 Å². The van der Waals surface area contributed by atoms with Gasteiger partial charge >= 0.3 is 6.03 Å². The third-order valence-electron chi connectivity index (χ3n) is 5.04. The highest BCUT2D eigenvalue weighted by Crippen LogP contribution is 2.32. The van der Waals surface area contributed by atoms with Crippen molar-refractivity contribution in [2.45, 2.75) is 32.2 Å². The van der Waals surface area contributed by atoms with Crippen molar-refractivity contribution in [1.82, 2.24) is 28.5 Å². The number of aromatic nitrogens is 2. The van der Waals surface area contributed by atoms with Gasteiger partial charge in [-0.05, 0) is 41.9 Å². The molecule has 5 rings (SSSR count). The number of H-pyrrole nitrogens is 2. The molecule has 1 saturated heterocycles. The fourth-order valence-corrected chi connectivity index (χ4v) is 4.79. The van der Waals surface area contributed by atoms with Crippen LogP contribution in [0.1, 0.15) is 46.0 Å². The molecule has 0 saturated carbocycles. The lowest BCUT2D eigenvalue weighted by atomic mass is 10.1. The van der Waals surface area contributed by atoms with E-state index in [9.17, 15) is 19.2 Å². The third-order valence-corrected chi connectivity index (χ3v) is 7.28. The molecule has 0 unspecified atom stereocenters. The lowest BCUT2D eigenvalue weighted by Crippen LogP contribution is -2.37. The predicted octanol–water partition coefficient (Wildman–Crippen LogP) is 3.01. The predicted molar refractivity (Wildman–Crippen MR) is 127 cm³/mol. The fraction of sp³-hybridized carbons (Fsp3) is 0.368. The molecule has 5 amide bonds. The first kappa shape index (κ1) is 24.5. The molecule has 0 aliphatic carbocycles. The molecule has 2 aromatic rings. The van der Waals surface area contributed by atoms with E-state index in [1.807, 2.05) is 12.1 Å². The average Bonchev–Trinajstić information content (AvgIpc) is 3.42. The van der Waals surface area contributed by atoms with E-state index in [1.54, 1.807) is 20.0 Å². The molecule has 1 fully saturated rings. The minimum Gasteiger partial charge on any atom is -0.364 e. The second-order valence-corrected chi connectivity index (χ2v) is 9.87. The van der Waals surface area contributed by atoms with Crippen LogP contribution in [0.3, 0.4) is 0 Å². The number of rotatable bonds is 0. The van der Waals surface area contributed by atoms with Crippen LogP contribution in [0.2, 0.25) is 0 Å². The van der Waals surface area contributed by atoms with Crippen molar-refractivity contribution in [3.05, 3.63) is 45.4 Å². The largest absolute Gasteiger partial charge is 0.364 e. The van der Waals surface area contributed by atoms with Crippen molar-refractivity contribution < 1.29 is 19.2 Å². The van der Waals surface area contributed by atoms with Crippen LogP contribution in [0.4, 0.5) is 4.79 Å². The Morgan fingerprint density at radius 3 is 2.00 bits per heavy atom. The normalized spacial score (nSPS) is 18.5. The summed E-state index contributed by atoms with van der Waals surface area (Å²) in [6.45, 7) is 4.80. The molecular weight excluding hydrogens is 616 g/mol. The second-order valence-electron chi connectivity index (χ2n) is 7.60. The summed E-state index contributed by atoms with van der Waals surface area (Å²) < 4.78 is 2.98. The number of carbonyl (C=O) groups excluding carboxylic acids is 4. The van der Waals surface area contributed by atoms with Crippen LogP contribution >= 0.6 is 48.2 Å². The number of hydrogen-bond acceptors (Lipinski definition) is 4. The molecule has 32 heavy (non-hydrogen) atoms. The average molecular weight is 637 g/mol. The van der Waals surface area contributed by atoms with E-state index in [0.717, 1.165) is 57.0 Å². The van der Waals surface area contributed by atoms with Crippen molar-refractivity contribution >= 4 is 72.0 Å². The molecule has 4 N–H and O–H groups in total. The minimum atomic E-state index is -0.805. The lowest BCUT2D eigenvalue weighted by molar-refractivity contribution is -0.127. The van der Waals surface area contributed by atoms with Gasteiger partial charge in [0.2, 0.25) is 0 Å². The third kappa shape index (κ3) is 4.94. The number of nitrogens with zero attached hydrogens (tertiary/aromatic N) is 2. The maximum atomic E-state index is 11.2. The van der Waals surface area contributed by atoms with Crippen LogP contribution in [0.25, 0.3) is 0 Å². The molecule has 0 aromatic carbocycles. The molecule has 3 aliphatic heterocycles. The number of fused-ring (bicyclic) bond motifs is 2. The minimum absolute atomic E-state index is 0.0215. The van der Waals surface area contributed by atoms with Gasteiger partial charge in [-0.1, -0.05) is 0 Å². The van der Waals surface area contributed by atoms with Gasteiger partial charge in [-0.15, -0.1) is 0 Å². The number of imide groups is 1. The number of nitrogens with one attached hydrogen (secondary N) is 4. The molecule has 0 atom stereocenters. The van der Waals surface area contributed by atoms with Gasteiger partial charge in [0.05, 0.1) is 48.0 Å². The number of halogens is 3. The Morgan fingerprint density at radius 1 is 0.938 bits per heavy atom. The molecular formula is C19H21Br3N6O4. The highest BCUT2D eigenvalue weighted by molar-refractivity contribution is 9.10. The van der Waals surface area contributed by atoms with Crippen LogP contribution in [0, 0.1) is 0 Å². The zero-order valence-corrected chi connectivity index (χ0v) is 22.0. The molecule has 2 aromatic heterocycles. The smallest absolute Gasteiger partial charge is 0.348 e. The number of hydrogen-bond donors (Lipinski definition) is 4. The van der Waals surface area contributed by atoms with Crippen molar-refractivity contribution in [3.8, 4) is 0 Å². The summed E-state index contributed by atoms with van der Waals surface area (Å²) >= 11 is 9.13. The zero-order chi connectivity index (χ0) is 23.6. The summed E-state index contributed by atoms with van der Waals surface area (Å²) in [7, 11) is 0. The second kappa shape index (κ2) is 9.79. The van der Waals surface area contributed by atoms with Crippen LogP contribution in [0.15, 0.2) is 22.9 Å². The highest BCUT2D eigenvalue weighted by atomic mass is 79.9. The number of carbonyl (C=O) groups is 4. The van der Waals surface area contributed by atoms with Crippen molar-refractivity contribution in [2.75, 3.05) is 13.1 Å². The fourth-order valence-electron chi connectivity index (χ4n) is 3.20. The molecule has 0 radical (unpaired) electrons. The van der Waals surface area contributed by atoms with E-state index >= 15 is 0 Å². The van der Waals surface area contributed by atoms with Crippen LogP contribution in [0.5, 0.6) is 0 Å². The molecule has 3 aliphatic rings. The van der Waals surface area contributed by atoms with E-state index in [4.69, 9.17) is 0 Å². The molecule has 13 heteroatoms. The van der Waals surface area contributed by atoms with E-state index in [1.165, 1.54) is 3.93 Å². The molecule has 10 nitrogen and oxygen atoms in total. The van der Waals surface area contributed by atoms with E-state index < -0.39 is 11.6 Å². The van der Waals surface area contributed by atoms with Gasteiger partial charge in [0.15, 0.2) is 0 Å². The van der Waals surface area contributed by atoms with Crippen LogP contribution in [-0.4, -0.2) is 60.2 Å². The van der Waals surface area contributed by atoms with Crippen molar-refractivity contribution in [1.29, 1.82) is 0 Å². The summed E-state index contributed by atoms with van der Waals surface area (Å²) in [6, 6.07) is 3.22.